The second-order valence-corrected chi connectivity index (χ2v) is 6.81. The van der Waals surface area contributed by atoms with E-state index >= 15 is 0 Å². The monoisotopic (exact) mass is 331 g/mol. The van der Waals surface area contributed by atoms with E-state index in [-0.39, 0.29) is 0 Å². The Labute approximate surface area is 152 Å². The summed E-state index contributed by atoms with van der Waals surface area (Å²) in [7, 11) is 0. The maximum absolute atomic E-state index is 2.54. The third-order valence-electron chi connectivity index (χ3n) is 4.86. The third-order valence-corrected chi connectivity index (χ3v) is 4.86. The molecule has 0 spiro atoms. The number of fused-ring (bicyclic) bond motifs is 1. The molecule has 0 aromatic heterocycles. The minimum atomic E-state index is 1.16. The van der Waals surface area contributed by atoms with Gasteiger partial charge in [-0.1, -0.05) is 75.2 Å². The average Bonchev–Trinajstić information content (AvgIpc) is 3.06. The molecule has 3 rings (SSSR count). The van der Waals surface area contributed by atoms with Crippen molar-refractivity contribution in [2.24, 2.45) is 0 Å². The zero-order valence-corrected chi connectivity index (χ0v) is 15.5. The summed E-state index contributed by atoms with van der Waals surface area (Å²) in [5.74, 6) is 0. The van der Waals surface area contributed by atoms with E-state index in [0.29, 0.717) is 0 Å². The second kappa shape index (κ2) is 8.71. The number of rotatable bonds is 8. The zero-order chi connectivity index (χ0) is 17.5. The highest BCUT2D eigenvalue weighted by atomic mass is 15.1. The van der Waals surface area contributed by atoms with Gasteiger partial charge in [-0.25, -0.2) is 0 Å². The fourth-order valence-corrected chi connectivity index (χ4v) is 3.33. The molecule has 2 aromatic rings. The van der Waals surface area contributed by atoms with E-state index in [2.05, 4.69) is 85.5 Å². The van der Waals surface area contributed by atoms with Crippen molar-refractivity contribution in [1.82, 2.24) is 0 Å². The van der Waals surface area contributed by atoms with Crippen LogP contribution in [0.25, 0.3) is 17.7 Å². The van der Waals surface area contributed by atoms with Crippen molar-refractivity contribution in [2.75, 3.05) is 18.0 Å². The van der Waals surface area contributed by atoms with Gasteiger partial charge >= 0.3 is 0 Å². The van der Waals surface area contributed by atoms with E-state index in [1.165, 1.54) is 53.6 Å². The molecule has 0 saturated heterocycles. The molecule has 0 saturated carbocycles. The lowest BCUT2D eigenvalue weighted by Gasteiger charge is -2.24. The molecule has 25 heavy (non-hydrogen) atoms. The SMILES string of the molecule is CCCCN(CCCC)c1ccc(C=C2C=Cc3ccccc32)cc1. The van der Waals surface area contributed by atoms with Crippen LogP contribution in [0.4, 0.5) is 5.69 Å². The Bertz CT molecular complexity index is 729. The van der Waals surface area contributed by atoms with Crippen LogP contribution in [0.1, 0.15) is 56.2 Å². The molecule has 1 heteroatoms. The summed E-state index contributed by atoms with van der Waals surface area (Å²) in [4.78, 5) is 2.54. The van der Waals surface area contributed by atoms with Crippen LogP contribution < -0.4 is 4.90 Å². The van der Waals surface area contributed by atoms with Crippen LogP contribution in [0.15, 0.2) is 54.6 Å². The lowest BCUT2D eigenvalue weighted by atomic mass is 10.0. The van der Waals surface area contributed by atoms with Gasteiger partial charge in [0.25, 0.3) is 0 Å². The van der Waals surface area contributed by atoms with Crippen molar-refractivity contribution < 1.29 is 0 Å². The Hall–Kier alpha value is -2.28. The smallest absolute Gasteiger partial charge is 0.0366 e. The van der Waals surface area contributed by atoms with E-state index < -0.39 is 0 Å². The van der Waals surface area contributed by atoms with Gasteiger partial charge in [0.1, 0.15) is 0 Å². The molecule has 2 aromatic carbocycles. The predicted molar refractivity (Wildman–Crippen MR) is 112 cm³/mol. The summed E-state index contributed by atoms with van der Waals surface area (Å²) >= 11 is 0. The molecule has 0 unspecified atom stereocenters. The number of nitrogens with zero attached hydrogens (tertiary/aromatic N) is 1. The highest BCUT2D eigenvalue weighted by Crippen LogP contribution is 2.30. The quantitative estimate of drug-likeness (QED) is 0.522. The fourth-order valence-electron chi connectivity index (χ4n) is 3.33. The van der Waals surface area contributed by atoms with Crippen molar-refractivity contribution in [1.29, 1.82) is 0 Å². The first kappa shape index (κ1) is 17.5. The Kier molecular flexibility index (Phi) is 6.11. The molecule has 0 bridgehead atoms. The van der Waals surface area contributed by atoms with Crippen molar-refractivity contribution in [3.05, 3.63) is 71.3 Å². The number of unbranched alkanes of at least 4 members (excludes halogenated alkanes) is 2. The van der Waals surface area contributed by atoms with E-state index in [1.807, 2.05) is 0 Å². The molecule has 0 radical (unpaired) electrons. The minimum absolute atomic E-state index is 1.16. The summed E-state index contributed by atoms with van der Waals surface area (Å²) in [6.07, 6.45) is 11.7. The van der Waals surface area contributed by atoms with Gasteiger partial charge in [0.15, 0.2) is 0 Å². The summed E-state index contributed by atoms with van der Waals surface area (Å²) in [6.45, 7) is 6.85. The van der Waals surface area contributed by atoms with Crippen LogP contribution in [0.5, 0.6) is 0 Å². The lowest BCUT2D eigenvalue weighted by Crippen LogP contribution is -2.25. The number of benzene rings is 2. The van der Waals surface area contributed by atoms with Crippen LogP contribution >= 0.6 is 0 Å². The van der Waals surface area contributed by atoms with Crippen LogP contribution in [0, 0.1) is 0 Å². The molecule has 1 aliphatic carbocycles. The van der Waals surface area contributed by atoms with Crippen LogP contribution in [0.3, 0.4) is 0 Å². The topological polar surface area (TPSA) is 3.24 Å². The largest absolute Gasteiger partial charge is 0.372 e. The first-order chi connectivity index (χ1) is 12.3. The van der Waals surface area contributed by atoms with Crippen molar-refractivity contribution in [2.45, 2.75) is 39.5 Å². The van der Waals surface area contributed by atoms with Gasteiger partial charge in [-0.05, 0) is 53.3 Å². The molecule has 1 nitrogen and oxygen atoms in total. The molecule has 0 atom stereocenters. The van der Waals surface area contributed by atoms with Gasteiger partial charge in [0.05, 0.1) is 0 Å². The lowest BCUT2D eigenvalue weighted by molar-refractivity contribution is 0.678. The van der Waals surface area contributed by atoms with E-state index in [4.69, 9.17) is 0 Å². The Morgan fingerprint density at radius 3 is 2.16 bits per heavy atom. The highest BCUT2D eigenvalue weighted by molar-refractivity contribution is 5.97. The number of anilines is 1. The van der Waals surface area contributed by atoms with E-state index in [9.17, 15) is 0 Å². The molecule has 0 aliphatic heterocycles. The maximum atomic E-state index is 2.54. The number of hydrogen-bond donors (Lipinski definition) is 0. The van der Waals surface area contributed by atoms with Crippen LogP contribution in [0.2, 0.25) is 0 Å². The van der Waals surface area contributed by atoms with Gasteiger partial charge in [0.2, 0.25) is 0 Å². The molecule has 0 fully saturated rings. The third kappa shape index (κ3) is 4.42. The molecule has 130 valence electrons. The summed E-state index contributed by atoms with van der Waals surface area (Å²) in [5, 5.41) is 0. The van der Waals surface area contributed by atoms with Crippen molar-refractivity contribution in [3.8, 4) is 0 Å². The summed E-state index contributed by atoms with van der Waals surface area (Å²) in [6, 6.07) is 17.7. The highest BCUT2D eigenvalue weighted by Gasteiger charge is 2.09. The van der Waals surface area contributed by atoms with Gasteiger partial charge < -0.3 is 4.90 Å². The van der Waals surface area contributed by atoms with Gasteiger partial charge in [-0.3, -0.25) is 0 Å². The molecular formula is C24H29N. The molecule has 0 heterocycles. The number of allylic oxidation sites excluding steroid dienone is 2. The zero-order valence-electron chi connectivity index (χ0n) is 15.5. The molecule has 1 aliphatic rings. The van der Waals surface area contributed by atoms with E-state index in [1.54, 1.807) is 0 Å². The van der Waals surface area contributed by atoms with Crippen LogP contribution in [-0.4, -0.2) is 13.1 Å². The Morgan fingerprint density at radius 2 is 1.48 bits per heavy atom. The van der Waals surface area contributed by atoms with E-state index in [0.717, 1.165) is 13.1 Å². The van der Waals surface area contributed by atoms with Gasteiger partial charge in [-0.2, -0.15) is 0 Å². The first-order valence-electron chi connectivity index (χ1n) is 9.66. The summed E-state index contributed by atoms with van der Waals surface area (Å²) in [5.41, 5.74) is 6.57. The number of hydrogen-bond acceptors (Lipinski definition) is 1. The van der Waals surface area contributed by atoms with Crippen molar-refractivity contribution >= 4 is 23.4 Å². The molecular weight excluding hydrogens is 302 g/mol. The molecule has 0 N–H and O–H groups in total. The van der Waals surface area contributed by atoms with Gasteiger partial charge in [0, 0.05) is 18.8 Å². The molecule has 0 amide bonds. The Morgan fingerprint density at radius 1 is 0.800 bits per heavy atom. The standard InChI is InChI=1S/C24H29N/c1-3-5-17-25(18-6-4-2)23-15-11-20(12-16-23)19-22-14-13-21-9-7-8-10-24(21)22/h7-16,19H,3-6,17-18H2,1-2H3. The van der Waals surface area contributed by atoms with Crippen molar-refractivity contribution in [3.63, 3.8) is 0 Å². The Balaban J connectivity index is 1.75. The predicted octanol–water partition coefficient (Wildman–Crippen LogP) is 6.66. The minimum Gasteiger partial charge on any atom is -0.372 e. The van der Waals surface area contributed by atoms with Crippen LogP contribution in [-0.2, 0) is 0 Å². The maximum Gasteiger partial charge on any atom is 0.0366 e. The second-order valence-electron chi connectivity index (χ2n) is 6.81. The summed E-state index contributed by atoms with van der Waals surface area (Å²) < 4.78 is 0. The first-order valence-corrected chi connectivity index (χ1v) is 9.66. The normalized spacial score (nSPS) is 14.1. The average molecular weight is 332 g/mol. The fraction of sp³-hybridized carbons (Fsp3) is 0.333. The van der Waals surface area contributed by atoms with Gasteiger partial charge in [-0.15, -0.1) is 0 Å².